The van der Waals surface area contributed by atoms with Gasteiger partial charge in [0.2, 0.25) is 0 Å². The standard InChI is InChI=1S/C11H22O3S/c1-3-9(4-2)11(12)10-7-5-6-8-15(10,13)14/h9-12H,3-8H2,1-2H3. The molecule has 0 aliphatic carbocycles. The molecule has 2 unspecified atom stereocenters. The fourth-order valence-corrected chi connectivity index (χ4v) is 4.52. The lowest BCUT2D eigenvalue weighted by atomic mass is 9.92. The largest absolute Gasteiger partial charge is 0.391 e. The third kappa shape index (κ3) is 2.94. The fourth-order valence-electron chi connectivity index (χ4n) is 2.44. The molecule has 1 N–H and O–H groups in total. The summed E-state index contributed by atoms with van der Waals surface area (Å²) < 4.78 is 23.6. The minimum Gasteiger partial charge on any atom is -0.391 e. The number of aliphatic hydroxyl groups is 1. The van der Waals surface area contributed by atoms with Crippen LogP contribution in [0.25, 0.3) is 0 Å². The van der Waals surface area contributed by atoms with Crippen molar-refractivity contribution in [2.24, 2.45) is 5.92 Å². The van der Waals surface area contributed by atoms with Crippen LogP contribution in [-0.4, -0.2) is 30.6 Å². The lowest BCUT2D eigenvalue weighted by Crippen LogP contribution is -2.42. The molecular formula is C11H22O3S. The van der Waals surface area contributed by atoms with Gasteiger partial charge in [-0.2, -0.15) is 0 Å². The summed E-state index contributed by atoms with van der Waals surface area (Å²) in [7, 11) is -3.04. The summed E-state index contributed by atoms with van der Waals surface area (Å²) in [6.45, 7) is 4.01. The molecule has 0 aromatic heterocycles. The summed E-state index contributed by atoms with van der Waals surface area (Å²) >= 11 is 0. The van der Waals surface area contributed by atoms with Crippen LogP contribution in [0.1, 0.15) is 46.0 Å². The van der Waals surface area contributed by atoms with Crippen LogP contribution in [0.4, 0.5) is 0 Å². The highest BCUT2D eigenvalue weighted by molar-refractivity contribution is 7.92. The summed E-state index contributed by atoms with van der Waals surface area (Å²) in [6.07, 6.45) is 3.37. The summed E-state index contributed by atoms with van der Waals surface area (Å²) in [5, 5.41) is 9.59. The first-order chi connectivity index (χ1) is 7.03. The number of hydrogen-bond acceptors (Lipinski definition) is 3. The molecule has 0 saturated carbocycles. The van der Waals surface area contributed by atoms with Crippen molar-refractivity contribution in [2.45, 2.75) is 57.3 Å². The van der Waals surface area contributed by atoms with Crippen LogP contribution < -0.4 is 0 Å². The van der Waals surface area contributed by atoms with Crippen molar-refractivity contribution in [3.8, 4) is 0 Å². The van der Waals surface area contributed by atoms with Crippen LogP contribution in [0.15, 0.2) is 0 Å². The van der Waals surface area contributed by atoms with Crippen molar-refractivity contribution in [3.63, 3.8) is 0 Å². The van der Waals surface area contributed by atoms with E-state index >= 15 is 0 Å². The van der Waals surface area contributed by atoms with Crippen molar-refractivity contribution in [3.05, 3.63) is 0 Å². The van der Waals surface area contributed by atoms with Gasteiger partial charge in [0.25, 0.3) is 0 Å². The first-order valence-corrected chi connectivity index (χ1v) is 7.64. The molecule has 0 amide bonds. The summed E-state index contributed by atoms with van der Waals surface area (Å²) in [6, 6.07) is 0. The monoisotopic (exact) mass is 234 g/mol. The second-order valence-electron chi connectivity index (χ2n) is 4.47. The third-order valence-electron chi connectivity index (χ3n) is 3.54. The zero-order chi connectivity index (χ0) is 11.5. The summed E-state index contributed by atoms with van der Waals surface area (Å²) in [5.41, 5.74) is 0. The van der Waals surface area contributed by atoms with Gasteiger partial charge in [-0.25, -0.2) is 8.42 Å². The van der Waals surface area contributed by atoms with Crippen molar-refractivity contribution in [1.82, 2.24) is 0 Å². The molecule has 0 radical (unpaired) electrons. The van der Waals surface area contributed by atoms with E-state index in [1.54, 1.807) is 0 Å². The van der Waals surface area contributed by atoms with Gasteiger partial charge in [-0.05, 0) is 18.8 Å². The predicted octanol–water partition coefficient (Wildman–Crippen LogP) is 1.75. The lowest BCUT2D eigenvalue weighted by molar-refractivity contribution is 0.0931. The molecule has 1 aliphatic rings. The maximum atomic E-state index is 11.8. The lowest BCUT2D eigenvalue weighted by Gasteiger charge is -2.31. The van der Waals surface area contributed by atoms with Gasteiger partial charge in [0.05, 0.1) is 17.1 Å². The van der Waals surface area contributed by atoms with Crippen molar-refractivity contribution in [1.29, 1.82) is 0 Å². The maximum Gasteiger partial charge on any atom is 0.155 e. The molecule has 1 heterocycles. The van der Waals surface area contributed by atoms with Crippen molar-refractivity contribution >= 4 is 9.84 Å². The maximum absolute atomic E-state index is 11.8. The molecule has 1 saturated heterocycles. The third-order valence-corrected chi connectivity index (χ3v) is 5.84. The molecule has 0 aromatic rings. The molecule has 4 heteroatoms. The number of sulfone groups is 1. The smallest absolute Gasteiger partial charge is 0.155 e. The quantitative estimate of drug-likeness (QED) is 0.806. The number of rotatable bonds is 4. The molecule has 1 rings (SSSR count). The Kier molecular flexibility index (Phi) is 4.59. The van der Waals surface area contributed by atoms with E-state index in [4.69, 9.17) is 0 Å². The first kappa shape index (κ1) is 13.0. The molecule has 1 aliphatic heterocycles. The average molecular weight is 234 g/mol. The van der Waals surface area contributed by atoms with Crippen LogP contribution >= 0.6 is 0 Å². The minimum absolute atomic E-state index is 0.128. The fraction of sp³-hybridized carbons (Fsp3) is 1.00. The molecule has 0 aromatic carbocycles. The topological polar surface area (TPSA) is 54.4 Å². The first-order valence-electron chi connectivity index (χ1n) is 5.92. The molecule has 0 bridgehead atoms. The predicted molar refractivity (Wildman–Crippen MR) is 61.5 cm³/mol. The Morgan fingerprint density at radius 3 is 2.33 bits per heavy atom. The van der Waals surface area contributed by atoms with E-state index in [2.05, 4.69) is 0 Å². The van der Waals surface area contributed by atoms with Gasteiger partial charge in [0, 0.05) is 0 Å². The minimum atomic E-state index is -3.04. The van der Waals surface area contributed by atoms with Gasteiger partial charge in [0.15, 0.2) is 9.84 Å². The second-order valence-corrected chi connectivity index (χ2v) is 6.81. The Bertz CT molecular complexity index is 280. The molecule has 2 atom stereocenters. The molecule has 1 fully saturated rings. The summed E-state index contributed by atoms with van der Waals surface area (Å²) in [5.74, 6) is 0.386. The van der Waals surface area contributed by atoms with E-state index in [1.165, 1.54) is 0 Å². The van der Waals surface area contributed by atoms with Gasteiger partial charge in [-0.1, -0.05) is 33.1 Å². The van der Waals surface area contributed by atoms with E-state index in [0.717, 1.165) is 25.7 Å². The van der Waals surface area contributed by atoms with Crippen LogP contribution in [0, 0.1) is 5.92 Å². The molecular weight excluding hydrogens is 212 g/mol. The van der Waals surface area contributed by atoms with Crippen molar-refractivity contribution in [2.75, 3.05) is 5.75 Å². The van der Waals surface area contributed by atoms with Gasteiger partial charge < -0.3 is 5.11 Å². The Labute approximate surface area is 92.8 Å². The van der Waals surface area contributed by atoms with Gasteiger partial charge in [0.1, 0.15) is 0 Å². The van der Waals surface area contributed by atoms with E-state index in [1.807, 2.05) is 13.8 Å². The van der Waals surface area contributed by atoms with Crippen LogP contribution in [-0.2, 0) is 9.84 Å². The Morgan fingerprint density at radius 2 is 1.87 bits per heavy atom. The highest BCUT2D eigenvalue weighted by Gasteiger charge is 2.37. The van der Waals surface area contributed by atoms with E-state index in [9.17, 15) is 13.5 Å². The SMILES string of the molecule is CCC(CC)C(O)C1CCCCS1(=O)=O. The van der Waals surface area contributed by atoms with Gasteiger partial charge >= 0.3 is 0 Å². The highest BCUT2D eigenvalue weighted by Crippen LogP contribution is 2.28. The molecule has 0 spiro atoms. The average Bonchev–Trinajstić information content (AvgIpc) is 2.18. The van der Waals surface area contributed by atoms with Gasteiger partial charge in [-0.3, -0.25) is 0 Å². The van der Waals surface area contributed by atoms with E-state index < -0.39 is 21.2 Å². The Hall–Kier alpha value is -0.0900. The number of hydrogen-bond donors (Lipinski definition) is 1. The van der Waals surface area contributed by atoms with E-state index in [-0.39, 0.29) is 11.7 Å². The zero-order valence-corrected chi connectivity index (χ0v) is 10.5. The van der Waals surface area contributed by atoms with E-state index in [0.29, 0.717) is 6.42 Å². The molecule has 90 valence electrons. The summed E-state index contributed by atoms with van der Waals surface area (Å²) in [4.78, 5) is 0. The van der Waals surface area contributed by atoms with Crippen LogP contribution in [0.2, 0.25) is 0 Å². The molecule has 15 heavy (non-hydrogen) atoms. The van der Waals surface area contributed by atoms with Gasteiger partial charge in [-0.15, -0.1) is 0 Å². The van der Waals surface area contributed by atoms with Crippen LogP contribution in [0.3, 0.4) is 0 Å². The Balaban J connectivity index is 2.76. The highest BCUT2D eigenvalue weighted by atomic mass is 32.2. The number of aliphatic hydroxyl groups excluding tert-OH is 1. The van der Waals surface area contributed by atoms with Crippen LogP contribution in [0.5, 0.6) is 0 Å². The Morgan fingerprint density at radius 1 is 1.27 bits per heavy atom. The second kappa shape index (κ2) is 5.30. The van der Waals surface area contributed by atoms with Crippen molar-refractivity contribution < 1.29 is 13.5 Å². The zero-order valence-electron chi connectivity index (χ0n) is 9.65. The normalized spacial score (nSPS) is 27.9. The molecule has 3 nitrogen and oxygen atoms in total.